The van der Waals surface area contributed by atoms with Crippen LogP contribution in [0.3, 0.4) is 0 Å². The largest absolute Gasteiger partial charge is 0.354 e. The Hall–Kier alpha value is -5.01. The van der Waals surface area contributed by atoms with Crippen molar-refractivity contribution in [1.82, 2.24) is 76.8 Å². The van der Waals surface area contributed by atoms with Crippen LogP contribution in [0.15, 0.2) is 0 Å². The maximum Gasteiger partial charge on any atom is 0.232 e. The van der Waals surface area contributed by atoms with Crippen molar-refractivity contribution in [2.24, 2.45) is 5.92 Å². The van der Waals surface area contributed by atoms with Gasteiger partial charge in [0.25, 0.3) is 0 Å². The number of unbranched alkanes of at least 4 members (excludes halogenated alkanes) is 31. The molecule has 0 aliphatic carbocycles. The fourth-order valence-electron chi connectivity index (χ4n) is 28.0. The van der Waals surface area contributed by atoms with Gasteiger partial charge in [-0.1, -0.05) is 241 Å². The maximum absolute atomic E-state index is 5.94. The van der Waals surface area contributed by atoms with Crippen molar-refractivity contribution in [3.05, 3.63) is 0 Å². The van der Waals surface area contributed by atoms with E-state index in [9.17, 15) is 0 Å². The molecule has 9 N–H and O–H groups in total. The van der Waals surface area contributed by atoms with Gasteiger partial charge in [-0.05, 0) is 313 Å². The lowest BCUT2D eigenvalue weighted by Gasteiger charge is -2.50. The molecule has 1 atom stereocenters. The van der Waals surface area contributed by atoms with Gasteiger partial charge in [0.2, 0.25) is 53.5 Å². The number of hydrogen-bond acceptors (Lipinski definition) is 24. The first kappa shape index (κ1) is 122. The molecule has 0 amide bonds. The summed E-state index contributed by atoms with van der Waals surface area (Å²) in [5.74, 6) is 7.39. The molecule has 6 saturated heterocycles. The molecule has 0 aromatic carbocycles. The molecule has 3 aromatic heterocycles. The molecule has 1 unspecified atom stereocenters. The Morgan fingerprint density at radius 2 is 0.361 bits per heavy atom. The molecule has 9 heterocycles. The van der Waals surface area contributed by atoms with Crippen LogP contribution in [0.25, 0.3) is 0 Å². The van der Waals surface area contributed by atoms with E-state index in [1.165, 1.54) is 193 Å². The van der Waals surface area contributed by atoms with Crippen molar-refractivity contribution in [1.29, 1.82) is 0 Å². The first-order chi connectivity index (χ1) is 67.9. The van der Waals surface area contributed by atoms with Crippen LogP contribution in [0, 0.1) is 5.92 Å². The van der Waals surface area contributed by atoms with Crippen LogP contribution < -0.4 is 77.3 Å². The minimum absolute atomic E-state index is 0.0666. The van der Waals surface area contributed by atoms with Crippen molar-refractivity contribution in [2.75, 3.05) is 104 Å². The summed E-state index contributed by atoms with van der Waals surface area (Å²) >= 11 is 0. The van der Waals surface area contributed by atoms with Crippen molar-refractivity contribution >= 4 is 53.5 Å². The van der Waals surface area contributed by atoms with Gasteiger partial charge in [-0.2, -0.15) is 44.9 Å². The smallest absolute Gasteiger partial charge is 0.232 e. The molecule has 24 nitrogen and oxygen atoms in total. The number of nitrogens with zero attached hydrogens (tertiary/aromatic N) is 15. The van der Waals surface area contributed by atoms with Crippen LogP contribution in [0.2, 0.25) is 0 Å². The molecular formula is C120H230N24. The summed E-state index contributed by atoms with van der Waals surface area (Å²) in [5, 5.41) is 36.7. The Morgan fingerprint density at radius 1 is 0.201 bits per heavy atom. The molecule has 0 spiro atoms. The summed E-state index contributed by atoms with van der Waals surface area (Å²) in [6, 6.07) is 1.46. The maximum atomic E-state index is 5.94. The molecule has 6 aliphatic rings. The van der Waals surface area contributed by atoms with Gasteiger partial charge in [0, 0.05) is 162 Å². The lowest BCUT2D eigenvalue weighted by molar-refractivity contribution is 0.156. The van der Waals surface area contributed by atoms with E-state index in [-0.39, 0.29) is 109 Å². The van der Waals surface area contributed by atoms with E-state index in [0.29, 0.717) is 17.8 Å². The van der Waals surface area contributed by atoms with E-state index in [1.54, 1.807) is 0 Å². The van der Waals surface area contributed by atoms with Crippen molar-refractivity contribution in [3.63, 3.8) is 0 Å². The fourth-order valence-corrected chi connectivity index (χ4v) is 28.0. The van der Waals surface area contributed by atoms with Crippen LogP contribution in [0.5, 0.6) is 0 Å². The normalized spacial score (nSPS) is 21.0. The summed E-state index contributed by atoms with van der Waals surface area (Å²) < 4.78 is 0. The number of rotatable bonds is 68. The Kier molecular flexibility index (Phi) is 48.6. The summed E-state index contributed by atoms with van der Waals surface area (Å²) in [5.41, 5.74) is -0.898. The van der Waals surface area contributed by atoms with Gasteiger partial charge in [-0.25, -0.2) is 0 Å². The summed E-state index contributed by atoms with van der Waals surface area (Å²) in [4.78, 5) is 68.4. The molecule has 830 valence electrons. The molecule has 24 heteroatoms. The van der Waals surface area contributed by atoms with Gasteiger partial charge in [0.05, 0.1) is 0 Å². The highest BCUT2D eigenvalue weighted by Crippen LogP contribution is 2.44. The van der Waals surface area contributed by atoms with Crippen molar-refractivity contribution in [2.45, 2.75) is 651 Å². The highest BCUT2D eigenvalue weighted by molar-refractivity contribution is 5.51. The Balaban J connectivity index is 1.16. The first-order valence-electron chi connectivity index (χ1n) is 60.7. The van der Waals surface area contributed by atoms with Crippen LogP contribution in [-0.4, -0.2) is 206 Å². The molecular weight excluding hydrogens is 1780 g/mol. The molecule has 9 rings (SSSR count). The zero-order chi connectivity index (χ0) is 105. The number of aromatic nitrogens is 9. The number of nitrogens with one attached hydrogen (secondary N) is 9. The van der Waals surface area contributed by atoms with E-state index in [0.717, 1.165) is 242 Å². The summed E-state index contributed by atoms with van der Waals surface area (Å²) in [7, 11) is 0. The molecule has 144 heavy (non-hydrogen) atoms. The van der Waals surface area contributed by atoms with Gasteiger partial charge < -0.3 is 77.3 Å². The van der Waals surface area contributed by atoms with Crippen LogP contribution in [0.1, 0.15) is 548 Å². The van der Waals surface area contributed by atoms with E-state index in [2.05, 4.69) is 285 Å². The van der Waals surface area contributed by atoms with Gasteiger partial charge in [0.1, 0.15) is 0 Å². The standard InChI is InChI=1S/C120H230N24/c1-31-37-43-49-55-63-74-139(94-80-109(7,8)133-110(9,10)81-94)103-124-100(125-104(130-103)140(75-64-56-50-44-38-32-2)95-82-111(11,12)134-112(13,14)83-95)121-72-62-61-70-93(92-123-102-128-107(143(78-67-59-53-47-41-35-5)98-88-117(23,24)137-118(25,26)89-98)132-108(129-102)144(79-68-60-54-48-42-36-6)99-90-119(27,28)138-120(29,30)91-99)71-69-73-122-101-126-105(141(76-65-57-51-45-39-33-3)96-84-113(15,16)135-114(17,18)85-96)131-106(127-101)142(77-66-58-52-46-40-34-4)97-86-115(19,20)136-116(21,22)87-97/h93-99,133-138H,31-92H2,1-30H3,(H,121,124,125,130)(H,122,126,127,131)(H,123,128,129,132). The zero-order valence-electron chi connectivity index (χ0n) is 99.6. The second-order valence-corrected chi connectivity index (χ2v) is 55.0. The van der Waals surface area contributed by atoms with E-state index >= 15 is 0 Å². The monoisotopic (exact) mass is 2010 g/mol. The summed E-state index contributed by atoms with van der Waals surface area (Å²) in [6.07, 6.45) is 61.2. The van der Waals surface area contributed by atoms with Gasteiger partial charge in [0.15, 0.2) is 0 Å². The van der Waals surface area contributed by atoms with Crippen LogP contribution in [-0.2, 0) is 0 Å². The third kappa shape index (κ3) is 42.9. The zero-order valence-corrected chi connectivity index (χ0v) is 99.6. The van der Waals surface area contributed by atoms with Gasteiger partial charge in [-0.3, -0.25) is 0 Å². The molecule has 6 fully saturated rings. The molecule has 0 bridgehead atoms. The predicted octanol–water partition coefficient (Wildman–Crippen LogP) is 28.3. The topological polar surface area (TPSA) is 244 Å². The van der Waals surface area contributed by atoms with E-state index in [4.69, 9.17) is 44.9 Å². The van der Waals surface area contributed by atoms with Crippen molar-refractivity contribution in [3.8, 4) is 0 Å². The lowest BCUT2D eigenvalue weighted by Crippen LogP contribution is -2.63. The minimum Gasteiger partial charge on any atom is -0.354 e. The molecule has 0 radical (unpaired) electrons. The van der Waals surface area contributed by atoms with Gasteiger partial charge in [-0.15, -0.1) is 0 Å². The number of anilines is 9. The third-order valence-corrected chi connectivity index (χ3v) is 32.5. The Labute approximate surface area is 886 Å². The molecule has 0 saturated carbocycles. The minimum atomic E-state index is -0.0847. The van der Waals surface area contributed by atoms with Crippen LogP contribution >= 0.6 is 0 Å². The van der Waals surface area contributed by atoms with Gasteiger partial charge >= 0.3 is 0 Å². The molecule has 3 aromatic rings. The summed E-state index contributed by atoms with van der Waals surface area (Å²) in [6.45, 7) is 79.6. The lowest BCUT2D eigenvalue weighted by atomic mass is 9.79. The highest BCUT2D eigenvalue weighted by Gasteiger charge is 2.49. The second-order valence-electron chi connectivity index (χ2n) is 55.0. The number of hydrogen-bond donors (Lipinski definition) is 9. The highest BCUT2D eigenvalue weighted by atomic mass is 15.4. The third-order valence-electron chi connectivity index (χ3n) is 32.5. The van der Waals surface area contributed by atoms with Crippen LogP contribution in [0.4, 0.5) is 53.5 Å². The fraction of sp³-hybridized carbons (Fsp3) is 0.925. The predicted molar refractivity (Wildman–Crippen MR) is 622 cm³/mol. The van der Waals surface area contributed by atoms with E-state index in [1.807, 2.05) is 0 Å². The Morgan fingerprint density at radius 3 is 0.549 bits per heavy atom. The van der Waals surface area contributed by atoms with E-state index < -0.39 is 0 Å². The average molecular weight is 2010 g/mol. The number of piperidine rings is 6. The quantitative estimate of drug-likeness (QED) is 0.0239. The SMILES string of the molecule is CCCCCCCCN(c1nc(NCCCCC(CCCNc2nc(N(CCCCCCCC)C3CC(C)(C)NC(C)(C)C3)nc(N(CCCCCCCC)C3CC(C)(C)NC(C)(C)C3)n2)CNc2nc(N(CCCCCCCC)C3CC(C)(C)NC(C)(C)C3)nc(N(CCCCCCCC)C3CC(C)(C)NC(C)(C)C3)n2)nc(N(CCCCCCCC)C2CC(C)(C)NC(C)(C)C2)n1)C1CC(C)(C)NC(C)(C)C1. The van der Waals surface area contributed by atoms with Crippen molar-refractivity contribution < 1.29 is 0 Å². The average Bonchev–Trinajstić information content (AvgIpc) is 0.775. The first-order valence-corrected chi connectivity index (χ1v) is 60.7. The molecule has 6 aliphatic heterocycles. The second kappa shape index (κ2) is 57.1. The Bertz CT molecular complexity index is 3770.